The van der Waals surface area contributed by atoms with Crippen molar-refractivity contribution in [2.24, 2.45) is 0 Å². The van der Waals surface area contributed by atoms with Gasteiger partial charge in [0, 0.05) is 11.3 Å². The number of benzene rings is 2. The van der Waals surface area contributed by atoms with E-state index in [1.807, 2.05) is 31.2 Å². The Bertz CT molecular complexity index is 749. The van der Waals surface area contributed by atoms with Gasteiger partial charge in [-0.25, -0.2) is 4.79 Å². The Morgan fingerprint density at radius 1 is 1.07 bits per heavy atom. The summed E-state index contributed by atoms with van der Waals surface area (Å²) in [6.45, 7) is 2.27. The third-order valence-electron chi connectivity index (χ3n) is 3.73. The Labute approximate surface area is 161 Å². The van der Waals surface area contributed by atoms with Gasteiger partial charge in [-0.2, -0.15) is 8.78 Å². The number of aryl methyl sites for hydroxylation is 2. The molecule has 7 heteroatoms. The molecule has 0 aromatic heterocycles. The number of nitrogens with one attached hydrogen (secondary N) is 1. The predicted octanol–water partition coefficient (Wildman–Crippen LogP) is 4.22. The first-order chi connectivity index (χ1) is 12.9. The third-order valence-corrected chi connectivity index (χ3v) is 4.46. The molecule has 27 heavy (non-hydrogen) atoms. The third kappa shape index (κ3) is 7.78. The second-order valence-electron chi connectivity index (χ2n) is 5.87. The van der Waals surface area contributed by atoms with Gasteiger partial charge in [0.25, 0.3) is 5.76 Å². The molecule has 0 spiro atoms. The van der Waals surface area contributed by atoms with E-state index in [1.54, 1.807) is 0 Å². The number of carbonyl (C=O) groups excluding carboxylic acids is 2. The molecule has 1 N–H and O–H groups in total. The van der Waals surface area contributed by atoms with Crippen LogP contribution in [0.15, 0.2) is 53.4 Å². The molecule has 2 aromatic carbocycles. The van der Waals surface area contributed by atoms with Crippen LogP contribution in [0.2, 0.25) is 0 Å². The molecule has 0 bridgehead atoms. The van der Waals surface area contributed by atoms with Crippen molar-refractivity contribution < 1.29 is 23.1 Å². The number of rotatable bonds is 9. The van der Waals surface area contributed by atoms with Crippen molar-refractivity contribution in [3.63, 3.8) is 0 Å². The monoisotopic (exact) mass is 393 g/mol. The maximum atomic E-state index is 12.3. The van der Waals surface area contributed by atoms with Crippen molar-refractivity contribution in [2.75, 3.05) is 13.2 Å². The van der Waals surface area contributed by atoms with Crippen molar-refractivity contribution in [2.45, 2.75) is 30.4 Å². The van der Waals surface area contributed by atoms with E-state index in [0.29, 0.717) is 29.5 Å². The number of halogens is 2. The molecule has 0 unspecified atom stereocenters. The highest BCUT2D eigenvalue weighted by molar-refractivity contribution is 7.99. The van der Waals surface area contributed by atoms with E-state index in [0.717, 1.165) is 5.56 Å². The Kier molecular flexibility index (Phi) is 8.26. The summed E-state index contributed by atoms with van der Waals surface area (Å²) in [4.78, 5) is 24.1. The molecule has 0 atom stereocenters. The SMILES string of the molecule is Cc1ccc(CCC(=O)NCCOC(=O)c2ccc(SC(F)F)cc2)cc1. The molecule has 0 saturated heterocycles. The number of thioether (sulfide) groups is 1. The molecule has 4 nitrogen and oxygen atoms in total. The number of esters is 1. The molecule has 0 heterocycles. The smallest absolute Gasteiger partial charge is 0.338 e. The van der Waals surface area contributed by atoms with Crippen molar-refractivity contribution in [1.29, 1.82) is 0 Å². The average Bonchev–Trinajstić information content (AvgIpc) is 2.64. The summed E-state index contributed by atoms with van der Waals surface area (Å²) in [5.41, 5.74) is 2.54. The first-order valence-corrected chi connectivity index (χ1v) is 9.36. The molecule has 2 rings (SSSR count). The summed E-state index contributed by atoms with van der Waals surface area (Å²) in [6, 6.07) is 13.8. The highest BCUT2D eigenvalue weighted by atomic mass is 32.2. The molecule has 0 aliphatic heterocycles. The van der Waals surface area contributed by atoms with Crippen LogP contribution in [0.4, 0.5) is 8.78 Å². The lowest BCUT2D eigenvalue weighted by Crippen LogP contribution is -2.28. The van der Waals surface area contributed by atoms with E-state index < -0.39 is 11.7 Å². The van der Waals surface area contributed by atoms with Crippen molar-refractivity contribution in [1.82, 2.24) is 5.32 Å². The van der Waals surface area contributed by atoms with Gasteiger partial charge >= 0.3 is 5.97 Å². The van der Waals surface area contributed by atoms with Gasteiger partial charge in [0.15, 0.2) is 0 Å². The zero-order valence-electron chi connectivity index (χ0n) is 14.9. The Balaban J connectivity index is 1.64. The Morgan fingerprint density at radius 2 is 1.74 bits per heavy atom. The minimum atomic E-state index is -2.50. The fourth-order valence-electron chi connectivity index (χ4n) is 2.29. The largest absolute Gasteiger partial charge is 0.460 e. The summed E-state index contributed by atoms with van der Waals surface area (Å²) in [7, 11) is 0. The molecule has 144 valence electrons. The first kappa shape index (κ1) is 20.9. The van der Waals surface area contributed by atoms with Gasteiger partial charge in [-0.15, -0.1) is 0 Å². The van der Waals surface area contributed by atoms with E-state index in [9.17, 15) is 18.4 Å². The van der Waals surface area contributed by atoms with Gasteiger partial charge in [0.2, 0.25) is 5.91 Å². The molecule has 0 aliphatic rings. The number of hydrogen-bond acceptors (Lipinski definition) is 4. The van der Waals surface area contributed by atoms with Gasteiger partial charge in [-0.3, -0.25) is 4.79 Å². The van der Waals surface area contributed by atoms with Gasteiger partial charge < -0.3 is 10.1 Å². The number of alkyl halides is 2. The number of carbonyl (C=O) groups is 2. The molecule has 1 amide bonds. The molecular formula is C20H21F2NO3S. The molecular weight excluding hydrogens is 372 g/mol. The predicted molar refractivity (Wildman–Crippen MR) is 101 cm³/mol. The summed E-state index contributed by atoms with van der Waals surface area (Å²) >= 11 is 0.414. The molecule has 0 fully saturated rings. The zero-order chi connectivity index (χ0) is 19.6. The van der Waals surface area contributed by atoms with Crippen LogP contribution in [0.25, 0.3) is 0 Å². The highest BCUT2D eigenvalue weighted by Gasteiger charge is 2.10. The Hall–Kier alpha value is -2.41. The first-order valence-electron chi connectivity index (χ1n) is 8.48. The van der Waals surface area contributed by atoms with Crippen LogP contribution in [0.1, 0.15) is 27.9 Å². The number of amides is 1. The quantitative estimate of drug-likeness (QED) is 0.394. The lowest BCUT2D eigenvalue weighted by atomic mass is 10.1. The maximum Gasteiger partial charge on any atom is 0.338 e. The van der Waals surface area contributed by atoms with Gasteiger partial charge in [-0.05, 0) is 43.2 Å². The van der Waals surface area contributed by atoms with E-state index in [1.165, 1.54) is 29.8 Å². The average molecular weight is 393 g/mol. The second kappa shape index (κ2) is 10.7. The van der Waals surface area contributed by atoms with Crippen LogP contribution in [-0.4, -0.2) is 30.8 Å². The van der Waals surface area contributed by atoms with Crippen LogP contribution in [0.3, 0.4) is 0 Å². The molecule has 0 radical (unpaired) electrons. The van der Waals surface area contributed by atoms with Crippen molar-refractivity contribution in [3.05, 3.63) is 65.2 Å². The summed E-state index contributed by atoms with van der Waals surface area (Å²) in [6.07, 6.45) is 1.01. The Morgan fingerprint density at radius 3 is 2.37 bits per heavy atom. The lowest BCUT2D eigenvalue weighted by molar-refractivity contribution is -0.121. The molecule has 0 aliphatic carbocycles. The lowest BCUT2D eigenvalue weighted by Gasteiger charge is -2.08. The second-order valence-corrected chi connectivity index (χ2v) is 6.94. The van der Waals surface area contributed by atoms with Crippen molar-refractivity contribution >= 4 is 23.6 Å². The summed E-state index contributed by atoms with van der Waals surface area (Å²) in [5.74, 6) is -3.17. The minimum Gasteiger partial charge on any atom is -0.460 e. The van der Waals surface area contributed by atoms with Crippen molar-refractivity contribution in [3.8, 4) is 0 Å². The normalized spacial score (nSPS) is 10.7. The standard InChI is InChI=1S/C20H21F2NO3S/c1-14-2-4-15(5-3-14)6-11-18(24)23-12-13-26-19(25)16-7-9-17(10-8-16)27-20(21)22/h2-5,7-10,20H,6,11-13H2,1H3,(H,23,24). The summed E-state index contributed by atoms with van der Waals surface area (Å²) in [5, 5.41) is 2.70. The van der Waals surface area contributed by atoms with Gasteiger partial charge in [0.1, 0.15) is 6.61 Å². The fraction of sp³-hybridized carbons (Fsp3) is 0.300. The minimum absolute atomic E-state index is 0.0443. The van der Waals surface area contributed by atoms with E-state index in [4.69, 9.17) is 4.74 Å². The molecule has 0 saturated carbocycles. The van der Waals surface area contributed by atoms with Gasteiger partial charge in [-0.1, -0.05) is 41.6 Å². The van der Waals surface area contributed by atoms with Crippen LogP contribution in [0.5, 0.6) is 0 Å². The van der Waals surface area contributed by atoms with Crippen LogP contribution < -0.4 is 5.32 Å². The summed E-state index contributed by atoms with van der Waals surface area (Å²) < 4.78 is 29.6. The van der Waals surface area contributed by atoms with E-state index in [2.05, 4.69) is 5.32 Å². The van der Waals surface area contributed by atoms with E-state index >= 15 is 0 Å². The van der Waals surface area contributed by atoms with Crippen LogP contribution in [-0.2, 0) is 16.0 Å². The zero-order valence-corrected chi connectivity index (χ0v) is 15.7. The number of ether oxygens (including phenoxy) is 1. The van der Waals surface area contributed by atoms with Crippen LogP contribution in [0, 0.1) is 6.92 Å². The maximum absolute atomic E-state index is 12.3. The molecule has 2 aromatic rings. The van der Waals surface area contributed by atoms with Gasteiger partial charge in [0.05, 0.1) is 12.1 Å². The fourth-order valence-corrected chi connectivity index (χ4v) is 2.79. The highest BCUT2D eigenvalue weighted by Crippen LogP contribution is 2.25. The van der Waals surface area contributed by atoms with E-state index in [-0.39, 0.29) is 24.6 Å². The topological polar surface area (TPSA) is 55.4 Å². The van der Waals surface area contributed by atoms with Crippen LogP contribution >= 0.6 is 11.8 Å². The number of hydrogen-bond donors (Lipinski definition) is 1.